The van der Waals surface area contributed by atoms with E-state index in [-0.39, 0.29) is 17.3 Å². The van der Waals surface area contributed by atoms with E-state index < -0.39 is 16.4 Å². The van der Waals surface area contributed by atoms with Gasteiger partial charge < -0.3 is 9.64 Å². The molecule has 0 saturated carbocycles. The van der Waals surface area contributed by atoms with Gasteiger partial charge in [0.15, 0.2) is 0 Å². The fourth-order valence-corrected chi connectivity index (χ4v) is 3.92. The van der Waals surface area contributed by atoms with Crippen LogP contribution in [0.2, 0.25) is 5.15 Å². The van der Waals surface area contributed by atoms with Crippen LogP contribution in [0.15, 0.2) is 17.4 Å². The zero-order valence-corrected chi connectivity index (χ0v) is 15.2. The fraction of sp³-hybridized carbons (Fsp3) is 0.667. The molecule has 6 nitrogen and oxygen atoms in total. The highest BCUT2D eigenvalue weighted by Gasteiger charge is 2.31. The van der Waals surface area contributed by atoms with Crippen molar-refractivity contribution in [3.8, 4) is 0 Å². The lowest BCUT2D eigenvalue weighted by Gasteiger charge is -2.36. The number of hydrogen-bond donors (Lipinski definition) is 0. The van der Waals surface area contributed by atoms with Crippen LogP contribution in [0.25, 0.3) is 0 Å². The number of piperidine rings is 1. The van der Waals surface area contributed by atoms with Crippen molar-refractivity contribution in [3.63, 3.8) is 0 Å². The number of nitrogens with zero attached hydrogens (tertiary/aromatic N) is 3. The highest BCUT2D eigenvalue weighted by atomic mass is 35.5. The zero-order chi connectivity index (χ0) is 17.0. The van der Waals surface area contributed by atoms with Crippen LogP contribution in [0.3, 0.4) is 0 Å². The molecule has 1 aromatic rings. The van der Waals surface area contributed by atoms with Crippen molar-refractivity contribution < 1.29 is 13.7 Å². The second kappa shape index (κ2) is 7.57. The Hall–Kier alpha value is -1.21. The van der Waals surface area contributed by atoms with E-state index in [1.54, 1.807) is 4.90 Å². The van der Waals surface area contributed by atoms with E-state index in [0.717, 1.165) is 19.3 Å². The van der Waals surface area contributed by atoms with Crippen molar-refractivity contribution >= 4 is 28.5 Å². The third-order valence-electron chi connectivity index (χ3n) is 3.44. The van der Waals surface area contributed by atoms with Crippen molar-refractivity contribution in [1.82, 2.24) is 14.9 Å². The monoisotopic (exact) mass is 359 g/mol. The standard InChI is InChI=1S/C15H22ClN3O3S/c1-15(2,3)22-14(20)19-7-5-4-6-11(19)9-23(21)13-8-12(16)17-10-18-13/h8,10-11H,4-7,9H2,1-3H3. The first-order valence-electron chi connectivity index (χ1n) is 7.62. The molecule has 0 aliphatic carbocycles. The zero-order valence-electron chi connectivity index (χ0n) is 13.6. The second-order valence-electron chi connectivity index (χ2n) is 6.51. The van der Waals surface area contributed by atoms with Gasteiger partial charge in [-0.15, -0.1) is 0 Å². The molecule has 23 heavy (non-hydrogen) atoms. The first kappa shape index (κ1) is 18.1. The number of carbonyl (C=O) groups excluding carboxylic acids is 1. The van der Waals surface area contributed by atoms with E-state index in [1.165, 1.54) is 12.4 Å². The largest absolute Gasteiger partial charge is 0.444 e. The van der Waals surface area contributed by atoms with Gasteiger partial charge in [-0.2, -0.15) is 0 Å². The van der Waals surface area contributed by atoms with Gasteiger partial charge in [0.05, 0.1) is 16.6 Å². The Bertz CT molecular complexity index is 592. The van der Waals surface area contributed by atoms with E-state index in [9.17, 15) is 9.00 Å². The van der Waals surface area contributed by atoms with Gasteiger partial charge >= 0.3 is 6.09 Å². The molecule has 0 aromatic carbocycles. The summed E-state index contributed by atoms with van der Waals surface area (Å²) >= 11 is 5.81. The summed E-state index contributed by atoms with van der Waals surface area (Å²) in [5, 5.41) is 0.649. The molecule has 128 valence electrons. The molecular weight excluding hydrogens is 338 g/mol. The molecule has 1 aliphatic heterocycles. The number of halogens is 1. The molecule has 1 aliphatic rings. The molecule has 8 heteroatoms. The van der Waals surface area contributed by atoms with Gasteiger partial charge in [0.1, 0.15) is 22.1 Å². The number of carbonyl (C=O) groups is 1. The van der Waals surface area contributed by atoms with Gasteiger partial charge in [-0.1, -0.05) is 11.6 Å². The molecule has 2 unspecified atom stereocenters. The summed E-state index contributed by atoms with van der Waals surface area (Å²) in [6.07, 6.45) is 3.69. The van der Waals surface area contributed by atoms with Crippen LogP contribution in [0, 0.1) is 0 Å². The Morgan fingerprint density at radius 1 is 1.43 bits per heavy atom. The number of amides is 1. The minimum absolute atomic E-state index is 0.117. The average molecular weight is 360 g/mol. The number of aromatic nitrogens is 2. The minimum atomic E-state index is -1.34. The summed E-state index contributed by atoms with van der Waals surface area (Å²) in [5.74, 6) is 0.326. The van der Waals surface area contributed by atoms with Crippen molar-refractivity contribution in [1.29, 1.82) is 0 Å². The molecule has 1 fully saturated rings. The lowest BCUT2D eigenvalue weighted by molar-refractivity contribution is 0.0125. The Balaban J connectivity index is 2.06. The first-order chi connectivity index (χ1) is 10.8. The van der Waals surface area contributed by atoms with Gasteiger partial charge in [0.25, 0.3) is 0 Å². The number of hydrogen-bond acceptors (Lipinski definition) is 5. The van der Waals surface area contributed by atoms with Gasteiger partial charge in [-0.05, 0) is 40.0 Å². The molecule has 0 N–H and O–H groups in total. The molecule has 0 radical (unpaired) electrons. The van der Waals surface area contributed by atoms with Crippen LogP contribution in [0.1, 0.15) is 40.0 Å². The number of ether oxygens (including phenoxy) is 1. The van der Waals surface area contributed by atoms with Gasteiger partial charge in [-0.25, -0.2) is 14.8 Å². The van der Waals surface area contributed by atoms with Crippen LogP contribution in [-0.4, -0.2) is 49.1 Å². The summed E-state index contributed by atoms with van der Waals surface area (Å²) in [6, 6.07) is 1.38. The van der Waals surface area contributed by atoms with Crippen LogP contribution in [0.5, 0.6) is 0 Å². The third kappa shape index (κ3) is 5.42. The molecule has 1 saturated heterocycles. The van der Waals surface area contributed by atoms with E-state index in [0.29, 0.717) is 17.3 Å². The molecule has 1 amide bonds. The Morgan fingerprint density at radius 3 is 2.83 bits per heavy atom. The summed E-state index contributed by atoms with van der Waals surface area (Å²) in [6.45, 7) is 6.14. The summed E-state index contributed by atoms with van der Waals surface area (Å²) < 4.78 is 18.0. The molecule has 0 spiro atoms. The topological polar surface area (TPSA) is 72.4 Å². The summed E-state index contributed by atoms with van der Waals surface area (Å²) in [4.78, 5) is 21.8. The Morgan fingerprint density at radius 2 is 2.17 bits per heavy atom. The van der Waals surface area contributed by atoms with E-state index in [2.05, 4.69) is 9.97 Å². The number of likely N-dealkylation sites (tertiary alicyclic amines) is 1. The minimum Gasteiger partial charge on any atom is -0.444 e. The van der Waals surface area contributed by atoms with Gasteiger partial charge in [-0.3, -0.25) is 4.21 Å². The smallest absolute Gasteiger partial charge is 0.410 e. The van der Waals surface area contributed by atoms with Crippen LogP contribution < -0.4 is 0 Å². The van der Waals surface area contributed by atoms with Crippen LogP contribution >= 0.6 is 11.6 Å². The average Bonchev–Trinajstić information content (AvgIpc) is 2.46. The summed E-state index contributed by atoms with van der Waals surface area (Å²) in [7, 11) is -1.34. The fourth-order valence-electron chi connectivity index (χ4n) is 2.44. The third-order valence-corrected chi connectivity index (χ3v) is 5.02. The first-order valence-corrected chi connectivity index (χ1v) is 9.31. The maximum Gasteiger partial charge on any atom is 0.410 e. The summed E-state index contributed by atoms with van der Waals surface area (Å²) in [5.41, 5.74) is -0.543. The molecule has 1 aromatic heterocycles. The van der Waals surface area contributed by atoms with Crippen LogP contribution in [-0.2, 0) is 15.5 Å². The quantitative estimate of drug-likeness (QED) is 0.775. The molecule has 2 heterocycles. The Kier molecular flexibility index (Phi) is 5.97. The lowest BCUT2D eigenvalue weighted by atomic mass is 10.0. The highest BCUT2D eigenvalue weighted by Crippen LogP contribution is 2.22. The molecule has 0 bridgehead atoms. The highest BCUT2D eigenvalue weighted by molar-refractivity contribution is 7.85. The Labute approximate surface area is 144 Å². The van der Waals surface area contributed by atoms with Crippen LogP contribution in [0.4, 0.5) is 4.79 Å². The maximum atomic E-state index is 12.5. The second-order valence-corrected chi connectivity index (χ2v) is 8.34. The van der Waals surface area contributed by atoms with E-state index in [1.807, 2.05) is 20.8 Å². The van der Waals surface area contributed by atoms with E-state index >= 15 is 0 Å². The van der Waals surface area contributed by atoms with Gasteiger partial charge in [0.2, 0.25) is 0 Å². The van der Waals surface area contributed by atoms with Crippen molar-refractivity contribution in [2.45, 2.75) is 56.7 Å². The van der Waals surface area contributed by atoms with Crippen molar-refractivity contribution in [2.24, 2.45) is 0 Å². The predicted octanol–water partition coefficient (Wildman–Crippen LogP) is 3.03. The normalized spacial score (nSPS) is 20.2. The van der Waals surface area contributed by atoms with E-state index in [4.69, 9.17) is 16.3 Å². The molecular formula is C15H22ClN3O3S. The molecule has 2 rings (SSSR count). The predicted molar refractivity (Wildman–Crippen MR) is 88.9 cm³/mol. The van der Waals surface area contributed by atoms with Gasteiger partial charge in [0, 0.05) is 18.7 Å². The lowest BCUT2D eigenvalue weighted by Crippen LogP contribution is -2.48. The van der Waals surface area contributed by atoms with Crippen molar-refractivity contribution in [3.05, 3.63) is 17.5 Å². The number of rotatable bonds is 3. The SMILES string of the molecule is CC(C)(C)OC(=O)N1CCCCC1CS(=O)c1cc(Cl)ncn1. The maximum absolute atomic E-state index is 12.5. The molecule has 2 atom stereocenters. The van der Waals surface area contributed by atoms with Crippen molar-refractivity contribution in [2.75, 3.05) is 12.3 Å².